The molecule has 1 saturated heterocycles. The first-order valence-electron chi connectivity index (χ1n) is 7.57. The third-order valence-electron chi connectivity index (χ3n) is 3.92. The van der Waals surface area contributed by atoms with E-state index < -0.39 is 35.9 Å². The Labute approximate surface area is 141 Å². The summed E-state index contributed by atoms with van der Waals surface area (Å²) in [6.45, 7) is 0.286. The van der Waals surface area contributed by atoms with Gasteiger partial charge in [0, 0.05) is 25.0 Å². The van der Waals surface area contributed by atoms with E-state index in [-0.39, 0.29) is 43.1 Å². The summed E-state index contributed by atoms with van der Waals surface area (Å²) >= 11 is 0. The molecule has 10 heteroatoms. The van der Waals surface area contributed by atoms with Gasteiger partial charge in [0.05, 0.1) is 18.8 Å². The number of benzene rings is 1. The zero-order valence-corrected chi connectivity index (χ0v) is 13.0. The highest BCUT2D eigenvalue weighted by molar-refractivity contribution is 5.98. The lowest BCUT2D eigenvalue weighted by molar-refractivity contribution is -0.124. The molecule has 2 aliphatic heterocycles. The van der Waals surface area contributed by atoms with Crippen molar-refractivity contribution in [2.45, 2.75) is 25.0 Å². The van der Waals surface area contributed by atoms with Gasteiger partial charge in [-0.05, 0) is 0 Å². The standard InChI is InChI=1S/C15H16FN3O6/c16-8-3-12-9(18-14(21)10(25-12)1-2-13(17)20)4-11(8)24-7-5-19(6-7)15(22)23/h3-4,7,10H,1-2,5-6H2,(H2,17,20)(H,18,21)(H,22,23). The molecule has 134 valence electrons. The molecule has 0 aliphatic carbocycles. The quantitative estimate of drug-likeness (QED) is 0.708. The maximum Gasteiger partial charge on any atom is 0.407 e. The lowest BCUT2D eigenvalue weighted by atomic mass is 10.1. The van der Waals surface area contributed by atoms with Gasteiger partial charge >= 0.3 is 6.09 Å². The number of nitrogens with one attached hydrogen (secondary N) is 1. The van der Waals surface area contributed by atoms with E-state index in [4.69, 9.17) is 20.3 Å². The first kappa shape index (κ1) is 16.8. The minimum absolute atomic E-state index is 0.0289. The molecule has 1 aromatic rings. The normalized spacial score (nSPS) is 19.3. The van der Waals surface area contributed by atoms with Gasteiger partial charge in [-0.25, -0.2) is 9.18 Å². The number of anilines is 1. The highest BCUT2D eigenvalue weighted by Gasteiger charge is 2.34. The van der Waals surface area contributed by atoms with E-state index >= 15 is 0 Å². The van der Waals surface area contributed by atoms with Gasteiger partial charge in [0.1, 0.15) is 11.9 Å². The SMILES string of the molecule is NC(=O)CCC1Oc2cc(F)c(OC3CN(C(=O)O)C3)cc2NC1=O. The van der Waals surface area contributed by atoms with E-state index in [1.54, 1.807) is 0 Å². The Morgan fingerprint density at radius 2 is 2.16 bits per heavy atom. The van der Waals surface area contributed by atoms with Crippen LogP contribution in [-0.4, -0.2) is 53.2 Å². The van der Waals surface area contributed by atoms with E-state index in [0.29, 0.717) is 0 Å². The van der Waals surface area contributed by atoms with Crippen molar-refractivity contribution in [3.8, 4) is 11.5 Å². The van der Waals surface area contributed by atoms with Gasteiger partial charge < -0.3 is 30.5 Å². The van der Waals surface area contributed by atoms with Crippen LogP contribution >= 0.6 is 0 Å². The fraction of sp³-hybridized carbons (Fsp3) is 0.400. The van der Waals surface area contributed by atoms with Crippen molar-refractivity contribution in [2.75, 3.05) is 18.4 Å². The number of nitrogens with two attached hydrogens (primary N) is 1. The van der Waals surface area contributed by atoms with Gasteiger partial charge in [0.25, 0.3) is 5.91 Å². The van der Waals surface area contributed by atoms with E-state index in [2.05, 4.69) is 5.32 Å². The average Bonchev–Trinajstić information content (AvgIpc) is 2.48. The number of rotatable bonds is 5. The molecule has 3 rings (SSSR count). The Kier molecular flexibility index (Phi) is 4.34. The monoisotopic (exact) mass is 353 g/mol. The third kappa shape index (κ3) is 3.57. The highest BCUT2D eigenvalue weighted by atomic mass is 19.1. The number of carbonyl (C=O) groups excluding carboxylic acids is 2. The molecule has 0 spiro atoms. The number of nitrogens with zero attached hydrogens (tertiary/aromatic N) is 1. The Bertz CT molecular complexity index is 734. The van der Waals surface area contributed by atoms with Crippen LogP contribution in [0.15, 0.2) is 12.1 Å². The van der Waals surface area contributed by atoms with Crippen LogP contribution in [0.5, 0.6) is 11.5 Å². The first-order chi connectivity index (χ1) is 11.8. The van der Waals surface area contributed by atoms with Gasteiger partial charge in [0.2, 0.25) is 5.91 Å². The fourth-order valence-corrected chi connectivity index (χ4v) is 2.55. The Morgan fingerprint density at radius 1 is 1.44 bits per heavy atom. The maximum atomic E-state index is 14.2. The van der Waals surface area contributed by atoms with Crippen molar-refractivity contribution in [2.24, 2.45) is 5.73 Å². The molecule has 1 atom stereocenters. The average molecular weight is 353 g/mol. The molecule has 0 aromatic heterocycles. The minimum Gasteiger partial charge on any atom is -0.484 e. The number of hydrogen-bond acceptors (Lipinski definition) is 5. The molecule has 25 heavy (non-hydrogen) atoms. The summed E-state index contributed by atoms with van der Waals surface area (Å²) in [6, 6.07) is 2.37. The second-order valence-corrected chi connectivity index (χ2v) is 5.81. The van der Waals surface area contributed by atoms with Crippen LogP contribution < -0.4 is 20.5 Å². The van der Waals surface area contributed by atoms with Gasteiger partial charge in [-0.2, -0.15) is 0 Å². The van der Waals surface area contributed by atoms with Crippen molar-refractivity contribution in [1.29, 1.82) is 0 Å². The highest BCUT2D eigenvalue weighted by Crippen LogP contribution is 2.36. The zero-order chi connectivity index (χ0) is 18.1. The lowest BCUT2D eigenvalue weighted by Gasteiger charge is -2.37. The second-order valence-electron chi connectivity index (χ2n) is 5.81. The maximum absolute atomic E-state index is 14.2. The Balaban J connectivity index is 1.68. The van der Waals surface area contributed by atoms with Crippen molar-refractivity contribution in [3.05, 3.63) is 17.9 Å². The fourth-order valence-electron chi connectivity index (χ4n) is 2.55. The summed E-state index contributed by atoms with van der Waals surface area (Å²) in [5.74, 6) is -1.70. The summed E-state index contributed by atoms with van der Waals surface area (Å²) in [4.78, 5) is 34.6. The van der Waals surface area contributed by atoms with Crippen molar-refractivity contribution in [1.82, 2.24) is 4.90 Å². The van der Waals surface area contributed by atoms with Crippen LogP contribution in [0.2, 0.25) is 0 Å². The van der Waals surface area contributed by atoms with Gasteiger partial charge in [-0.15, -0.1) is 0 Å². The predicted octanol–water partition coefficient (Wildman–Crippen LogP) is 0.532. The molecule has 1 aromatic carbocycles. The first-order valence-corrected chi connectivity index (χ1v) is 7.57. The lowest BCUT2D eigenvalue weighted by Crippen LogP contribution is -2.55. The summed E-state index contributed by atoms with van der Waals surface area (Å²) in [7, 11) is 0. The minimum atomic E-state index is -1.06. The van der Waals surface area contributed by atoms with E-state index in [1.807, 2.05) is 0 Å². The molecule has 2 heterocycles. The van der Waals surface area contributed by atoms with Gasteiger partial charge in [-0.1, -0.05) is 0 Å². The van der Waals surface area contributed by atoms with Gasteiger partial charge in [0.15, 0.2) is 17.7 Å². The smallest absolute Gasteiger partial charge is 0.407 e. The van der Waals surface area contributed by atoms with Crippen LogP contribution in [0.1, 0.15) is 12.8 Å². The number of ether oxygens (including phenoxy) is 2. The third-order valence-corrected chi connectivity index (χ3v) is 3.92. The molecule has 4 N–H and O–H groups in total. The summed E-state index contributed by atoms with van der Waals surface area (Å²) in [5, 5.41) is 11.3. The van der Waals surface area contributed by atoms with Crippen LogP contribution in [0, 0.1) is 5.82 Å². The van der Waals surface area contributed by atoms with Crippen LogP contribution in [-0.2, 0) is 9.59 Å². The largest absolute Gasteiger partial charge is 0.484 e. The molecule has 0 radical (unpaired) electrons. The van der Waals surface area contributed by atoms with Crippen molar-refractivity contribution < 1.29 is 33.4 Å². The predicted molar refractivity (Wildman–Crippen MR) is 81.9 cm³/mol. The van der Waals surface area contributed by atoms with E-state index in [1.165, 1.54) is 6.07 Å². The molecule has 0 bridgehead atoms. The topological polar surface area (TPSA) is 131 Å². The summed E-state index contributed by atoms with van der Waals surface area (Å²) in [5.41, 5.74) is 5.29. The molecule has 1 unspecified atom stereocenters. The molecule has 1 fully saturated rings. The number of carbonyl (C=O) groups is 3. The number of hydrogen-bond donors (Lipinski definition) is 3. The van der Waals surface area contributed by atoms with Crippen molar-refractivity contribution >= 4 is 23.6 Å². The summed E-state index contributed by atoms with van der Waals surface area (Å²) < 4.78 is 25.0. The zero-order valence-electron chi connectivity index (χ0n) is 13.0. The van der Waals surface area contributed by atoms with E-state index in [9.17, 15) is 18.8 Å². The van der Waals surface area contributed by atoms with Crippen LogP contribution in [0.4, 0.5) is 14.9 Å². The number of halogens is 1. The Morgan fingerprint density at radius 3 is 2.80 bits per heavy atom. The molecule has 0 saturated carbocycles. The van der Waals surface area contributed by atoms with Crippen molar-refractivity contribution in [3.63, 3.8) is 0 Å². The number of primary amides is 1. The molecule has 9 nitrogen and oxygen atoms in total. The van der Waals surface area contributed by atoms with Crippen LogP contribution in [0.25, 0.3) is 0 Å². The number of carboxylic acid groups (broad SMARTS) is 1. The van der Waals surface area contributed by atoms with E-state index in [0.717, 1.165) is 11.0 Å². The number of amides is 3. The molecular formula is C15H16FN3O6. The second kappa shape index (κ2) is 6.46. The molecule has 2 aliphatic rings. The number of fused-ring (bicyclic) bond motifs is 1. The Hall–Kier alpha value is -3.04. The molecular weight excluding hydrogens is 337 g/mol. The van der Waals surface area contributed by atoms with Crippen LogP contribution in [0.3, 0.4) is 0 Å². The summed E-state index contributed by atoms with van der Waals surface area (Å²) in [6.07, 6.45) is -2.38. The molecule has 3 amide bonds. The van der Waals surface area contributed by atoms with Gasteiger partial charge in [-0.3, -0.25) is 9.59 Å². The number of likely N-dealkylation sites (tertiary alicyclic amines) is 1.